The van der Waals surface area contributed by atoms with Gasteiger partial charge in [0.15, 0.2) is 5.13 Å². The fraction of sp³-hybridized carbons (Fsp3) is 0.294. The Labute approximate surface area is 165 Å². The van der Waals surface area contributed by atoms with Crippen molar-refractivity contribution in [3.8, 4) is 6.07 Å². The Morgan fingerprint density at radius 3 is 2.73 bits per heavy atom. The third-order valence-corrected chi connectivity index (χ3v) is 5.01. The van der Waals surface area contributed by atoms with Gasteiger partial charge in [0, 0.05) is 16.9 Å². The Morgan fingerprint density at radius 1 is 1.35 bits per heavy atom. The summed E-state index contributed by atoms with van der Waals surface area (Å²) in [6.45, 7) is 3.56. The highest BCUT2D eigenvalue weighted by molar-refractivity contribution is 7.13. The molecule has 1 unspecified atom stereocenters. The van der Waals surface area contributed by atoms with E-state index >= 15 is 0 Å². The highest BCUT2D eigenvalue weighted by atomic mass is 35.5. The molecule has 2 aromatic rings. The monoisotopic (exact) mass is 410 g/mol. The standard InChI is InChI=1S/C17H16Cl2N4O2S/c1-9(2)16(25)23-17-21-10(8-26-17)6-14(24)22-13(7-20)11-4-3-5-12(18)15(11)19/h3-5,8-9,13H,6H2,1-2H3,(H,22,24)(H,21,23,25). The summed E-state index contributed by atoms with van der Waals surface area (Å²) in [6, 6.07) is 5.96. The second kappa shape index (κ2) is 8.99. The smallest absolute Gasteiger partial charge is 0.228 e. The maximum atomic E-state index is 12.2. The van der Waals surface area contributed by atoms with Gasteiger partial charge in [0.2, 0.25) is 11.8 Å². The van der Waals surface area contributed by atoms with Crippen LogP contribution in [0.5, 0.6) is 0 Å². The van der Waals surface area contributed by atoms with E-state index in [-0.39, 0.29) is 29.2 Å². The fourth-order valence-electron chi connectivity index (χ4n) is 1.99. The third-order valence-electron chi connectivity index (χ3n) is 3.37. The highest BCUT2D eigenvalue weighted by Crippen LogP contribution is 2.29. The summed E-state index contributed by atoms with van der Waals surface area (Å²) in [5.41, 5.74) is 0.929. The van der Waals surface area contributed by atoms with Crippen LogP contribution in [0.25, 0.3) is 0 Å². The number of benzene rings is 1. The number of amides is 2. The van der Waals surface area contributed by atoms with Crippen LogP contribution in [-0.2, 0) is 16.0 Å². The molecule has 0 saturated heterocycles. The third kappa shape index (κ3) is 5.18. The van der Waals surface area contributed by atoms with Gasteiger partial charge in [-0.25, -0.2) is 4.98 Å². The Kier molecular flexibility index (Phi) is 6.98. The first-order chi connectivity index (χ1) is 12.3. The normalized spacial score (nSPS) is 11.7. The first kappa shape index (κ1) is 20.2. The average molecular weight is 411 g/mol. The van der Waals surface area contributed by atoms with Crippen molar-refractivity contribution in [3.05, 3.63) is 44.9 Å². The first-order valence-electron chi connectivity index (χ1n) is 7.70. The lowest BCUT2D eigenvalue weighted by molar-refractivity contribution is -0.121. The van der Waals surface area contributed by atoms with Crippen LogP contribution in [-0.4, -0.2) is 16.8 Å². The molecule has 2 rings (SSSR count). The van der Waals surface area contributed by atoms with E-state index in [9.17, 15) is 14.9 Å². The zero-order valence-electron chi connectivity index (χ0n) is 14.0. The lowest BCUT2D eigenvalue weighted by Gasteiger charge is -2.13. The van der Waals surface area contributed by atoms with Gasteiger partial charge >= 0.3 is 0 Å². The van der Waals surface area contributed by atoms with E-state index in [0.717, 1.165) is 0 Å². The molecule has 1 aromatic heterocycles. The van der Waals surface area contributed by atoms with Crippen molar-refractivity contribution in [2.45, 2.75) is 26.3 Å². The molecule has 0 aliphatic heterocycles. The summed E-state index contributed by atoms with van der Waals surface area (Å²) in [4.78, 5) is 28.1. The number of rotatable bonds is 6. The molecule has 0 saturated carbocycles. The topological polar surface area (TPSA) is 94.9 Å². The molecule has 0 fully saturated rings. The van der Waals surface area contributed by atoms with Gasteiger partial charge in [-0.2, -0.15) is 5.26 Å². The molecule has 2 amide bonds. The van der Waals surface area contributed by atoms with Gasteiger partial charge < -0.3 is 10.6 Å². The number of carbonyl (C=O) groups is 2. The molecule has 0 bridgehead atoms. The molecule has 1 atom stereocenters. The number of nitriles is 1. The number of aromatic nitrogens is 1. The van der Waals surface area contributed by atoms with Crippen molar-refractivity contribution in [1.82, 2.24) is 10.3 Å². The molecule has 0 aliphatic rings. The van der Waals surface area contributed by atoms with Crippen molar-refractivity contribution < 1.29 is 9.59 Å². The minimum atomic E-state index is -0.924. The van der Waals surface area contributed by atoms with E-state index in [1.807, 2.05) is 6.07 Å². The maximum Gasteiger partial charge on any atom is 0.228 e. The highest BCUT2D eigenvalue weighted by Gasteiger charge is 2.19. The second-order valence-electron chi connectivity index (χ2n) is 5.74. The van der Waals surface area contributed by atoms with E-state index in [0.29, 0.717) is 21.4 Å². The van der Waals surface area contributed by atoms with E-state index < -0.39 is 6.04 Å². The summed E-state index contributed by atoms with van der Waals surface area (Å²) in [5.74, 6) is -0.695. The number of halogens is 2. The Hall–Kier alpha value is -2.14. The minimum absolute atomic E-state index is 0.0234. The molecule has 0 aliphatic carbocycles. The van der Waals surface area contributed by atoms with Crippen LogP contribution in [0, 0.1) is 17.2 Å². The number of anilines is 1. The quantitative estimate of drug-likeness (QED) is 0.752. The molecule has 1 heterocycles. The largest absolute Gasteiger partial charge is 0.336 e. The van der Waals surface area contributed by atoms with Gasteiger partial charge in [0.1, 0.15) is 6.04 Å². The Bertz CT molecular complexity index is 861. The van der Waals surface area contributed by atoms with E-state index in [4.69, 9.17) is 23.2 Å². The van der Waals surface area contributed by atoms with Gasteiger partial charge in [-0.15, -0.1) is 11.3 Å². The van der Waals surface area contributed by atoms with Crippen LogP contribution < -0.4 is 10.6 Å². The van der Waals surface area contributed by atoms with Crippen LogP contribution in [0.15, 0.2) is 23.6 Å². The van der Waals surface area contributed by atoms with Crippen molar-refractivity contribution in [2.75, 3.05) is 5.32 Å². The summed E-state index contributed by atoms with van der Waals surface area (Å²) >= 11 is 13.3. The molecule has 1 aromatic carbocycles. The SMILES string of the molecule is CC(C)C(=O)Nc1nc(CC(=O)NC(C#N)c2cccc(Cl)c2Cl)cs1. The van der Waals surface area contributed by atoms with Crippen LogP contribution in [0.1, 0.15) is 31.1 Å². The summed E-state index contributed by atoms with van der Waals surface area (Å²) in [6.07, 6.45) is -0.0234. The van der Waals surface area contributed by atoms with Crippen LogP contribution in [0.2, 0.25) is 10.0 Å². The van der Waals surface area contributed by atoms with Crippen molar-refractivity contribution in [2.24, 2.45) is 5.92 Å². The van der Waals surface area contributed by atoms with Gasteiger partial charge in [0.25, 0.3) is 0 Å². The lowest BCUT2D eigenvalue weighted by atomic mass is 10.1. The summed E-state index contributed by atoms with van der Waals surface area (Å²) < 4.78 is 0. The predicted octanol–water partition coefficient (Wildman–Crippen LogP) is 3.97. The average Bonchev–Trinajstić information content (AvgIpc) is 3.02. The maximum absolute atomic E-state index is 12.2. The second-order valence-corrected chi connectivity index (χ2v) is 7.38. The molecule has 0 radical (unpaired) electrons. The molecule has 136 valence electrons. The van der Waals surface area contributed by atoms with E-state index in [2.05, 4.69) is 15.6 Å². The lowest BCUT2D eigenvalue weighted by Crippen LogP contribution is -2.29. The zero-order chi connectivity index (χ0) is 19.3. The Morgan fingerprint density at radius 2 is 2.08 bits per heavy atom. The van der Waals surface area contributed by atoms with Gasteiger partial charge in [-0.05, 0) is 6.07 Å². The molecule has 2 N–H and O–H groups in total. The van der Waals surface area contributed by atoms with Crippen LogP contribution in [0.3, 0.4) is 0 Å². The molecule has 9 heteroatoms. The fourth-order valence-corrected chi connectivity index (χ4v) is 3.12. The molecule has 6 nitrogen and oxygen atoms in total. The van der Waals surface area contributed by atoms with Gasteiger partial charge in [-0.3, -0.25) is 9.59 Å². The van der Waals surface area contributed by atoms with Crippen molar-refractivity contribution in [3.63, 3.8) is 0 Å². The van der Waals surface area contributed by atoms with E-state index in [1.165, 1.54) is 11.3 Å². The molecular weight excluding hydrogens is 395 g/mol. The number of carbonyl (C=O) groups excluding carboxylic acids is 2. The Balaban J connectivity index is 2.02. The van der Waals surface area contributed by atoms with Crippen LogP contribution in [0.4, 0.5) is 5.13 Å². The van der Waals surface area contributed by atoms with Crippen molar-refractivity contribution in [1.29, 1.82) is 5.26 Å². The number of thiazole rings is 1. The minimum Gasteiger partial charge on any atom is -0.336 e. The van der Waals surface area contributed by atoms with Gasteiger partial charge in [-0.1, -0.05) is 49.2 Å². The number of nitrogens with one attached hydrogen (secondary N) is 2. The molecular formula is C17H16Cl2N4O2S. The summed E-state index contributed by atoms with van der Waals surface area (Å²) in [5, 5.41) is 17.3. The van der Waals surface area contributed by atoms with Crippen LogP contribution >= 0.6 is 34.5 Å². The van der Waals surface area contributed by atoms with Crippen molar-refractivity contribution >= 4 is 51.5 Å². The molecule has 0 spiro atoms. The summed E-state index contributed by atoms with van der Waals surface area (Å²) in [7, 11) is 0. The molecule has 26 heavy (non-hydrogen) atoms. The van der Waals surface area contributed by atoms with E-state index in [1.54, 1.807) is 37.4 Å². The zero-order valence-corrected chi connectivity index (χ0v) is 16.4. The van der Waals surface area contributed by atoms with Gasteiger partial charge in [0.05, 0.1) is 28.2 Å². The number of hydrogen-bond acceptors (Lipinski definition) is 5. The predicted molar refractivity (Wildman–Crippen MR) is 102 cm³/mol. The number of hydrogen-bond donors (Lipinski definition) is 2. The first-order valence-corrected chi connectivity index (χ1v) is 9.33. The number of nitrogens with zero attached hydrogens (tertiary/aromatic N) is 2.